The third-order valence-corrected chi connectivity index (χ3v) is 3.00. The van der Waals surface area contributed by atoms with Crippen LogP contribution in [0.3, 0.4) is 0 Å². The highest BCUT2D eigenvalue weighted by Gasteiger charge is 2.12. The number of nitrogens with two attached hydrogens (primary N) is 1. The molecule has 0 aliphatic rings. The predicted molar refractivity (Wildman–Crippen MR) is 75.5 cm³/mol. The van der Waals surface area contributed by atoms with Crippen LogP contribution < -0.4 is 16.0 Å². The maximum Gasteiger partial charge on any atom is 0.227 e. The van der Waals surface area contributed by atoms with Gasteiger partial charge in [-0.05, 0) is 31.0 Å². The van der Waals surface area contributed by atoms with Crippen molar-refractivity contribution in [3.8, 4) is 11.6 Å². The van der Waals surface area contributed by atoms with E-state index in [9.17, 15) is 0 Å². The lowest BCUT2D eigenvalue weighted by molar-refractivity contribution is 0.455. The molecule has 0 aliphatic heterocycles. The molecule has 3 N–H and O–H groups in total. The quantitative estimate of drug-likeness (QED) is 0.664. The minimum atomic E-state index is 0.456. The van der Waals surface area contributed by atoms with E-state index in [2.05, 4.69) is 15.4 Å². The zero-order chi connectivity index (χ0) is 13.8. The number of halogens is 1. The number of nitrogen functional groups attached to an aromatic ring is 1. The molecule has 0 saturated heterocycles. The normalized spacial score (nSPS) is 10.3. The van der Waals surface area contributed by atoms with Crippen molar-refractivity contribution >= 4 is 17.4 Å². The Labute approximate surface area is 116 Å². The number of aryl methyl sites for hydroxylation is 1. The molecule has 6 heteroatoms. The number of nitrogens with zero attached hydrogens (tertiary/aromatic N) is 2. The standard InChI is InChI=1S/C13H15ClN4O/c1-3-9-12(18-15)16-7-17-13(9)19-11-6-8(2)4-5-10(11)14/h4-7H,3,15H2,1-2H3,(H,16,17,18). The van der Waals surface area contributed by atoms with E-state index in [0.717, 1.165) is 11.1 Å². The van der Waals surface area contributed by atoms with Crippen molar-refractivity contribution in [3.63, 3.8) is 0 Å². The van der Waals surface area contributed by atoms with Gasteiger partial charge < -0.3 is 10.2 Å². The molecular weight excluding hydrogens is 264 g/mol. The van der Waals surface area contributed by atoms with Gasteiger partial charge in [-0.1, -0.05) is 24.6 Å². The first-order valence-corrected chi connectivity index (χ1v) is 6.28. The molecule has 100 valence electrons. The maximum absolute atomic E-state index is 6.11. The number of hydrogen-bond acceptors (Lipinski definition) is 5. The lowest BCUT2D eigenvalue weighted by Crippen LogP contribution is -2.12. The summed E-state index contributed by atoms with van der Waals surface area (Å²) in [6.45, 7) is 3.95. The predicted octanol–water partition coefficient (Wildman–Crippen LogP) is 3.08. The Hall–Kier alpha value is -1.85. The van der Waals surface area contributed by atoms with Crippen LogP contribution in [0, 0.1) is 6.92 Å². The highest BCUT2D eigenvalue weighted by atomic mass is 35.5. The van der Waals surface area contributed by atoms with Gasteiger partial charge in [-0.25, -0.2) is 15.8 Å². The third-order valence-electron chi connectivity index (χ3n) is 2.69. The molecule has 0 saturated carbocycles. The van der Waals surface area contributed by atoms with Crippen molar-refractivity contribution in [3.05, 3.63) is 40.7 Å². The van der Waals surface area contributed by atoms with Gasteiger partial charge >= 0.3 is 0 Å². The smallest absolute Gasteiger partial charge is 0.227 e. The van der Waals surface area contributed by atoms with Gasteiger partial charge in [-0.15, -0.1) is 0 Å². The Morgan fingerprint density at radius 1 is 1.37 bits per heavy atom. The van der Waals surface area contributed by atoms with E-state index in [1.165, 1.54) is 6.33 Å². The van der Waals surface area contributed by atoms with Gasteiger partial charge in [0.25, 0.3) is 0 Å². The van der Waals surface area contributed by atoms with Crippen LogP contribution in [0.2, 0.25) is 5.02 Å². The molecule has 0 amide bonds. The molecule has 0 fully saturated rings. The Morgan fingerprint density at radius 2 is 2.16 bits per heavy atom. The van der Waals surface area contributed by atoms with Crippen molar-refractivity contribution in [2.45, 2.75) is 20.3 Å². The summed E-state index contributed by atoms with van der Waals surface area (Å²) in [7, 11) is 0. The van der Waals surface area contributed by atoms with E-state index in [1.54, 1.807) is 6.07 Å². The second kappa shape index (κ2) is 5.86. The molecular formula is C13H15ClN4O. The third kappa shape index (κ3) is 2.94. The van der Waals surface area contributed by atoms with Crippen LogP contribution in [0.4, 0.5) is 5.82 Å². The summed E-state index contributed by atoms with van der Waals surface area (Å²) >= 11 is 6.11. The maximum atomic E-state index is 6.11. The lowest BCUT2D eigenvalue weighted by atomic mass is 10.2. The number of hydrogen-bond donors (Lipinski definition) is 2. The molecule has 0 radical (unpaired) electrons. The molecule has 0 spiro atoms. The van der Waals surface area contributed by atoms with E-state index < -0.39 is 0 Å². The molecule has 2 rings (SSSR count). The van der Waals surface area contributed by atoms with Crippen LogP contribution in [0.15, 0.2) is 24.5 Å². The summed E-state index contributed by atoms with van der Waals surface area (Å²) in [5, 5.41) is 0.536. The van der Waals surface area contributed by atoms with Crippen LogP contribution in [0.1, 0.15) is 18.1 Å². The SMILES string of the molecule is CCc1c(NN)ncnc1Oc1cc(C)ccc1Cl. The minimum Gasteiger partial charge on any atom is -0.437 e. The zero-order valence-corrected chi connectivity index (χ0v) is 11.5. The first-order valence-electron chi connectivity index (χ1n) is 5.90. The Kier molecular flexibility index (Phi) is 4.19. The number of benzene rings is 1. The second-order valence-electron chi connectivity index (χ2n) is 4.04. The fourth-order valence-electron chi connectivity index (χ4n) is 1.72. The van der Waals surface area contributed by atoms with Crippen LogP contribution in [-0.2, 0) is 6.42 Å². The van der Waals surface area contributed by atoms with Crippen molar-refractivity contribution in [2.24, 2.45) is 5.84 Å². The van der Waals surface area contributed by atoms with Crippen molar-refractivity contribution in [2.75, 3.05) is 5.43 Å². The zero-order valence-electron chi connectivity index (χ0n) is 10.8. The van der Waals surface area contributed by atoms with Crippen LogP contribution >= 0.6 is 11.6 Å². The number of anilines is 1. The molecule has 1 heterocycles. The Balaban J connectivity index is 2.40. The molecule has 1 aromatic carbocycles. The summed E-state index contributed by atoms with van der Waals surface area (Å²) in [6, 6.07) is 5.57. The second-order valence-corrected chi connectivity index (χ2v) is 4.45. The summed E-state index contributed by atoms with van der Waals surface area (Å²) in [6.07, 6.45) is 2.09. The fourth-order valence-corrected chi connectivity index (χ4v) is 1.88. The van der Waals surface area contributed by atoms with Crippen molar-refractivity contribution in [1.29, 1.82) is 0 Å². The van der Waals surface area contributed by atoms with Crippen LogP contribution in [-0.4, -0.2) is 9.97 Å². The number of aromatic nitrogens is 2. The van der Waals surface area contributed by atoms with Gasteiger partial charge in [0.2, 0.25) is 5.88 Å². The van der Waals surface area contributed by atoms with Crippen LogP contribution in [0.25, 0.3) is 0 Å². The van der Waals surface area contributed by atoms with Crippen LogP contribution in [0.5, 0.6) is 11.6 Å². The minimum absolute atomic E-state index is 0.456. The average Bonchev–Trinajstić information content (AvgIpc) is 2.42. The van der Waals surface area contributed by atoms with Crippen molar-refractivity contribution < 1.29 is 4.74 Å². The average molecular weight is 279 g/mol. The first-order chi connectivity index (χ1) is 9.15. The molecule has 5 nitrogen and oxygen atoms in total. The number of hydrazine groups is 1. The van der Waals surface area contributed by atoms with E-state index >= 15 is 0 Å². The number of rotatable bonds is 4. The van der Waals surface area contributed by atoms with Gasteiger partial charge in [-0.3, -0.25) is 0 Å². The molecule has 0 unspecified atom stereocenters. The summed E-state index contributed by atoms with van der Waals surface area (Å²) in [5.74, 6) is 7.00. The highest BCUT2D eigenvalue weighted by Crippen LogP contribution is 2.32. The molecule has 2 aromatic rings. The molecule has 19 heavy (non-hydrogen) atoms. The number of ether oxygens (including phenoxy) is 1. The fraction of sp³-hybridized carbons (Fsp3) is 0.231. The topological polar surface area (TPSA) is 73.1 Å². The monoisotopic (exact) mass is 278 g/mol. The van der Waals surface area contributed by atoms with Gasteiger partial charge in [0.05, 0.1) is 10.6 Å². The largest absolute Gasteiger partial charge is 0.437 e. The molecule has 1 aromatic heterocycles. The Morgan fingerprint density at radius 3 is 2.84 bits per heavy atom. The first kappa shape index (κ1) is 13.6. The summed E-state index contributed by atoms with van der Waals surface area (Å²) in [4.78, 5) is 8.19. The van der Waals surface area contributed by atoms with E-state index in [-0.39, 0.29) is 0 Å². The van der Waals surface area contributed by atoms with Gasteiger partial charge in [0.1, 0.15) is 17.9 Å². The van der Waals surface area contributed by atoms with E-state index in [0.29, 0.717) is 28.9 Å². The number of nitrogens with one attached hydrogen (secondary N) is 1. The van der Waals surface area contributed by atoms with Gasteiger partial charge in [0, 0.05) is 0 Å². The summed E-state index contributed by atoms with van der Waals surface area (Å²) in [5.41, 5.74) is 4.40. The molecule has 0 atom stereocenters. The summed E-state index contributed by atoms with van der Waals surface area (Å²) < 4.78 is 5.78. The van der Waals surface area contributed by atoms with Crippen molar-refractivity contribution in [1.82, 2.24) is 9.97 Å². The van der Waals surface area contributed by atoms with Gasteiger partial charge in [0.15, 0.2) is 0 Å². The molecule has 0 bridgehead atoms. The Bertz CT molecular complexity index is 589. The van der Waals surface area contributed by atoms with Gasteiger partial charge in [-0.2, -0.15) is 0 Å². The van der Waals surface area contributed by atoms with E-state index in [1.807, 2.05) is 26.0 Å². The highest BCUT2D eigenvalue weighted by molar-refractivity contribution is 6.32. The molecule has 0 aliphatic carbocycles. The lowest BCUT2D eigenvalue weighted by Gasteiger charge is -2.12. The van der Waals surface area contributed by atoms with E-state index in [4.69, 9.17) is 22.2 Å².